The minimum absolute atomic E-state index is 0.0708. The molecule has 1 heterocycles. The molecule has 1 aromatic rings. The number of hydrogen-bond acceptors (Lipinski definition) is 3. The molecule has 0 fully saturated rings. The summed E-state index contributed by atoms with van der Waals surface area (Å²) in [6.07, 6.45) is 0.462. The number of alkyl halides is 3. The van der Waals surface area contributed by atoms with Crippen molar-refractivity contribution in [2.45, 2.75) is 30.8 Å². The first-order valence-corrected chi connectivity index (χ1v) is 9.11. The first-order chi connectivity index (χ1) is 12.3. The number of carboxylic acid groups (broad SMARTS) is 1. The Kier molecular flexibility index (Phi) is 7.14. The van der Waals surface area contributed by atoms with Crippen LogP contribution in [0.2, 0.25) is 0 Å². The van der Waals surface area contributed by atoms with Gasteiger partial charge in [-0.05, 0) is 48.4 Å². The number of rotatable bonds is 8. The van der Waals surface area contributed by atoms with Crippen molar-refractivity contribution in [2.75, 3.05) is 12.3 Å². The molecule has 2 rings (SSSR count). The zero-order valence-electron chi connectivity index (χ0n) is 13.9. The van der Waals surface area contributed by atoms with E-state index in [9.17, 15) is 27.5 Å². The first-order valence-electron chi connectivity index (χ1n) is 8.06. The molecular formula is C18H19F4NO2S. The molecule has 0 saturated heterocycles. The van der Waals surface area contributed by atoms with E-state index in [4.69, 9.17) is 0 Å². The topological polar surface area (TPSA) is 40.5 Å². The molecule has 1 N–H and O–H groups in total. The summed E-state index contributed by atoms with van der Waals surface area (Å²) < 4.78 is 50.4. The van der Waals surface area contributed by atoms with Crippen LogP contribution in [0.25, 0.3) is 0 Å². The molecule has 0 radical (unpaired) electrons. The van der Waals surface area contributed by atoms with Crippen LogP contribution in [0.1, 0.15) is 18.4 Å². The summed E-state index contributed by atoms with van der Waals surface area (Å²) in [5.74, 6) is -0.876. The van der Waals surface area contributed by atoms with E-state index in [-0.39, 0.29) is 17.9 Å². The van der Waals surface area contributed by atoms with Crippen LogP contribution in [0, 0.1) is 5.82 Å². The molecule has 1 aromatic carbocycles. The SMILES string of the molecule is O=C(O)C1=CC=CN(CCC(F)(F)F)C1SCCCc1ccc(F)cc1. The molecular weight excluding hydrogens is 370 g/mol. The van der Waals surface area contributed by atoms with E-state index < -0.39 is 23.9 Å². The maximum absolute atomic E-state index is 12.9. The van der Waals surface area contributed by atoms with Gasteiger partial charge in [0.15, 0.2) is 0 Å². The van der Waals surface area contributed by atoms with E-state index in [1.807, 2.05) is 0 Å². The standard InChI is InChI=1S/C18H19F4NO2S/c19-14-7-5-13(6-8-14)3-2-12-26-16-15(17(24)25)4-1-10-23(16)11-9-18(20,21)22/h1,4-8,10,16H,2-3,9,11-12H2,(H,24,25). The number of nitrogens with zero attached hydrogens (tertiary/aromatic N) is 1. The second-order valence-electron chi connectivity index (χ2n) is 5.82. The molecule has 0 amide bonds. The van der Waals surface area contributed by atoms with Gasteiger partial charge in [0.05, 0.1) is 12.0 Å². The minimum Gasteiger partial charge on any atom is -0.478 e. The van der Waals surface area contributed by atoms with Gasteiger partial charge in [0.2, 0.25) is 0 Å². The van der Waals surface area contributed by atoms with Crippen molar-refractivity contribution in [3.8, 4) is 0 Å². The van der Waals surface area contributed by atoms with Gasteiger partial charge in [-0.15, -0.1) is 11.8 Å². The molecule has 0 aromatic heterocycles. The Morgan fingerprint density at radius 3 is 2.54 bits per heavy atom. The third-order valence-electron chi connectivity index (χ3n) is 3.82. The van der Waals surface area contributed by atoms with Gasteiger partial charge >= 0.3 is 12.1 Å². The fourth-order valence-corrected chi connectivity index (χ4v) is 3.79. The van der Waals surface area contributed by atoms with E-state index in [1.165, 1.54) is 47.1 Å². The minimum atomic E-state index is -4.30. The maximum Gasteiger partial charge on any atom is 0.390 e. The van der Waals surface area contributed by atoms with E-state index in [0.29, 0.717) is 18.6 Å². The van der Waals surface area contributed by atoms with E-state index >= 15 is 0 Å². The summed E-state index contributed by atoms with van der Waals surface area (Å²) in [6, 6.07) is 6.11. The highest BCUT2D eigenvalue weighted by Gasteiger charge is 2.32. The Hall–Kier alpha value is -1.96. The van der Waals surface area contributed by atoms with Crippen molar-refractivity contribution >= 4 is 17.7 Å². The van der Waals surface area contributed by atoms with Crippen molar-refractivity contribution in [1.82, 2.24) is 4.90 Å². The smallest absolute Gasteiger partial charge is 0.390 e. The fraction of sp³-hybridized carbons (Fsp3) is 0.389. The lowest BCUT2D eigenvalue weighted by Crippen LogP contribution is -2.36. The highest BCUT2D eigenvalue weighted by Crippen LogP contribution is 2.30. The highest BCUT2D eigenvalue weighted by molar-refractivity contribution is 8.00. The van der Waals surface area contributed by atoms with Crippen LogP contribution < -0.4 is 0 Å². The number of benzene rings is 1. The molecule has 3 nitrogen and oxygen atoms in total. The second kappa shape index (κ2) is 9.12. The third kappa shape index (κ3) is 6.40. The highest BCUT2D eigenvalue weighted by atomic mass is 32.2. The number of thioether (sulfide) groups is 1. The van der Waals surface area contributed by atoms with Crippen molar-refractivity contribution in [2.24, 2.45) is 0 Å². The number of aliphatic carboxylic acids is 1. The monoisotopic (exact) mass is 389 g/mol. The van der Waals surface area contributed by atoms with E-state index in [1.54, 1.807) is 12.1 Å². The quantitative estimate of drug-likeness (QED) is 0.521. The Morgan fingerprint density at radius 1 is 1.23 bits per heavy atom. The molecule has 142 valence electrons. The number of carboxylic acids is 1. The van der Waals surface area contributed by atoms with Crippen LogP contribution in [0.3, 0.4) is 0 Å². The average Bonchev–Trinajstić information content (AvgIpc) is 2.58. The Bertz CT molecular complexity index is 671. The lowest BCUT2D eigenvalue weighted by molar-refractivity contribution is -0.137. The predicted molar refractivity (Wildman–Crippen MR) is 93.2 cm³/mol. The van der Waals surface area contributed by atoms with Crippen LogP contribution in [0.5, 0.6) is 0 Å². The fourth-order valence-electron chi connectivity index (χ4n) is 2.53. The summed E-state index contributed by atoms with van der Waals surface area (Å²) >= 11 is 1.30. The predicted octanol–water partition coefficient (Wildman–Crippen LogP) is 4.61. The lowest BCUT2D eigenvalue weighted by atomic mass is 10.1. The normalized spacial score (nSPS) is 17.3. The van der Waals surface area contributed by atoms with Crippen LogP contribution in [0.4, 0.5) is 17.6 Å². The Labute approximate surface area is 153 Å². The number of aryl methyl sites for hydroxylation is 1. The summed E-state index contributed by atoms with van der Waals surface area (Å²) in [5, 5.41) is 8.66. The van der Waals surface area contributed by atoms with Crippen LogP contribution in [-0.4, -0.2) is 39.8 Å². The van der Waals surface area contributed by atoms with E-state index in [2.05, 4.69) is 0 Å². The van der Waals surface area contributed by atoms with Gasteiger partial charge in [-0.3, -0.25) is 0 Å². The van der Waals surface area contributed by atoms with Gasteiger partial charge in [0.1, 0.15) is 11.2 Å². The summed E-state index contributed by atoms with van der Waals surface area (Å²) in [7, 11) is 0. The van der Waals surface area contributed by atoms with Crippen molar-refractivity contribution in [3.05, 3.63) is 59.6 Å². The molecule has 1 atom stereocenters. The van der Waals surface area contributed by atoms with Gasteiger partial charge in [0, 0.05) is 12.7 Å². The van der Waals surface area contributed by atoms with Gasteiger partial charge < -0.3 is 10.0 Å². The van der Waals surface area contributed by atoms with Crippen LogP contribution in [0.15, 0.2) is 48.2 Å². The molecule has 1 unspecified atom stereocenters. The van der Waals surface area contributed by atoms with Crippen LogP contribution in [-0.2, 0) is 11.2 Å². The van der Waals surface area contributed by atoms with E-state index in [0.717, 1.165) is 5.56 Å². The zero-order valence-corrected chi connectivity index (χ0v) is 14.7. The molecule has 0 spiro atoms. The summed E-state index contributed by atoms with van der Waals surface area (Å²) in [5.41, 5.74) is 1.03. The van der Waals surface area contributed by atoms with Gasteiger partial charge in [-0.2, -0.15) is 13.2 Å². The Balaban J connectivity index is 1.92. The van der Waals surface area contributed by atoms with Crippen molar-refractivity contribution < 1.29 is 27.5 Å². The van der Waals surface area contributed by atoms with Crippen molar-refractivity contribution in [3.63, 3.8) is 0 Å². The largest absolute Gasteiger partial charge is 0.478 e. The molecule has 26 heavy (non-hydrogen) atoms. The van der Waals surface area contributed by atoms with Gasteiger partial charge in [-0.1, -0.05) is 12.1 Å². The molecule has 0 saturated carbocycles. The molecule has 1 aliphatic heterocycles. The number of allylic oxidation sites excluding steroid dienone is 2. The number of halogens is 4. The summed E-state index contributed by atoms with van der Waals surface area (Å²) in [6.45, 7) is -0.291. The molecule has 0 aliphatic carbocycles. The average molecular weight is 389 g/mol. The second-order valence-corrected chi connectivity index (χ2v) is 7.01. The van der Waals surface area contributed by atoms with Crippen molar-refractivity contribution in [1.29, 1.82) is 0 Å². The van der Waals surface area contributed by atoms with Gasteiger partial charge in [-0.25, -0.2) is 9.18 Å². The number of hydrogen-bond donors (Lipinski definition) is 1. The lowest BCUT2D eigenvalue weighted by Gasteiger charge is -2.33. The molecule has 1 aliphatic rings. The molecule has 0 bridgehead atoms. The summed E-state index contributed by atoms with van der Waals surface area (Å²) in [4.78, 5) is 12.8. The van der Waals surface area contributed by atoms with Gasteiger partial charge in [0.25, 0.3) is 0 Å². The molecule has 8 heteroatoms. The van der Waals surface area contributed by atoms with Crippen LogP contribution >= 0.6 is 11.8 Å². The number of carbonyl (C=O) groups is 1. The third-order valence-corrected chi connectivity index (χ3v) is 5.18. The zero-order chi connectivity index (χ0) is 19.2. The first kappa shape index (κ1) is 20.4. The maximum atomic E-state index is 12.9. The Morgan fingerprint density at radius 2 is 1.92 bits per heavy atom.